The lowest BCUT2D eigenvalue weighted by atomic mass is 9.87. The number of aromatic hydroxyl groups is 1. The molecule has 0 saturated heterocycles. The van der Waals surface area contributed by atoms with Gasteiger partial charge in [-0.3, -0.25) is 9.59 Å². The molecule has 4 aromatic rings. The molecule has 0 atom stereocenters. The minimum absolute atomic E-state index is 0.0766. The van der Waals surface area contributed by atoms with Gasteiger partial charge in [0.25, 0.3) is 0 Å². The van der Waals surface area contributed by atoms with Crippen LogP contribution in [0.3, 0.4) is 0 Å². The molecular weight excluding hydrogens is 474 g/mol. The molecule has 0 aliphatic rings. The van der Waals surface area contributed by atoms with Gasteiger partial charge in [-0.25, -0.2) is 0 Å². The summed E-state index contributed by atoms with van der Waals surface area (Å²) >= 11 is 0. The third-order valence-electron chi connectivity index (χ3n) is 5.55. The van der Waals surface area contributed by atoms with E-state index >= 15 is 0 Å². The van der Waals surface area contributed by atoms with Gasteiger partial charge in [0, 0.05) is 17.0 Å². The molecule has 0 radical (unpaired) electrons. The minimum Gasteiger partial charge on any atom is -0.506 e. The monoisotopic (exact) mass is 505 g/mol. The molecule has 4 rings (SSSR count). The topological polar surface area (TPSA) is 113 Å². The maximum Gasteiger partial charge on any atom is 0.170 e. The first-order chi connectivity index (χ1) is 17.6. The number of aromatic nitrogens is 3. The number of carbonyl (C=O) groups excluding carboxylic acids is 2. The Hall–Kier alpha value is -4.40. The summed E-state index contributed by atoms with van der Waals surface area (Å²) in [4.78, 5) is 25.3. The van der Waals surface area contributed by atoms with E-state index in [1.165, 1.54) is 19.0 Å². The van der Waals surface area contributed by atoms with Crippen molar-refractivity contribution in [3.05, 3.63) is 66.2 Å². The Bertz CT molecular complexity index is 1370. The maximum absolute atomic E-state index is 12.1. The molecule has 0 unspecified atom stereocenters. The highest BCUT2D eigenvalue weighted by Crippen LogP contribution is 2.29. The number of Topliss-reactive ketones (excluding diaryl/α,β-unsaturated/α-hetero) is 2. The van der Waals surface area contributed by atoms with Gasteiger partial charge in [-0.15, -0.1) is 15.0 Å². The highest BCUT2D eigenvalue weighted by atomic mass is 16.5. The van der Waals surface area contributed by atoms with E-state index in [2.05, 4.69) is 10.2 Å². The van der Waals surface area contributed by atoms with Crippen molar-refractivity contribution in [1.82, 2.24) is 15.0 Å². The van der Waals surface area contributed by atoms with Gasteiger partial charge in [0.1, 0.15) is 34.0 Å². The quantitative estimate of drug-likeness (QED) is 0.275. The van der Waals surface area contributed by atoms with E-state index in [0.717, 1.165) is 11.0 Å². The fourth-order valence-corrected chi connectivity index (χ4v) is 3.28. The predicted octanol–water partition coefficient (Wildman–Crippen LogP) is 5.03. The number of ether oxygens (including phenoxy) is 3. The standard InChI is InChI=1S/C15H20O4.C13H11N3O2/c1-15(2,3)14(17)9-11(16)10-6-7-12(18-4)13(8-10)19-5;1-18-9-6-7-13(17)12(8-9)16-14-10-4-2-3-5-11(10)15-16/h6-8H,9H2,1-5H3;2-8,17H,1H3. The van der Waals surface area contributed by atoms with Crippen LogP contribution in [0.4, 0.5) is 0 Å². The van der Waals surface area contributed by atoms with Gasteiger partial charge < -0.3 is 19.3 Å². The number of hydrogen-bond acceptors (Lipinski definition) is 8. The summed E-state index contributed by atoms with van der Waals surface area (Å²) < 4.78 is 15.4. The number of ketones is 2. The Labute approximate surface area is 215 Å². The fourth-order valence-electron chi connectivity index (χ4n) is 3.28. The SMILES string of the molecule is COc1ccc(C(=O)CC(=O)C(C)(C)C)cc1OC.COc1ccc(O)c(-n2nc3ccccc3n2)c1. The molecule has 37 heavy (non-hydrogen) atoms. The largest absolute Gasteiger partial charge is 0.506 e. The molecule has 9 nitrogen and oxygen atoms in total. The number of rotatable bonds is 7. The molecule has 0 spiro atoms. The first kappa shape index (κ1) is 27.2. The smallest absolute Gasteiger partial charge is 0.170 e. The van der Waals surface area contributed by atoms with Crippen LogP contribution in [0.15, 0.2) is 60.7 Å². The van der Waals surface area contributed by atoms with Crippen molar-refractivity contribution < 1.29 is 28.9 Å². The molecule has 0 aliphatic carbocycles. The van der Waals surface area contributed by atoms with Crippen molar-refractivity contribution >= 4 is 22.6 Å². The van der Waals surface area contributed by atoms with E-state index in [1.54, 1.807) is 64.3 Å². The normalized spacial score (nSPS) is 10.9. The van der Waals surface area contributed by atoms with Gasteiger partial charge in [0.2, 0.25) is 0 Å². The first-order valence-electron chi connectivity index (χ1n) is 11.6. The van der Waals surface area contributed by atoms with Gasteiger partial charge in [0.05, 0.1) is 27.8 Å². The number of phenolic OH excluding ortho intramolecular Hbond substituents is 1. The van der Waals surface area contributed by atoms with E-state index in [-0.39, 0.29) is 23.7 Å². The van der Waals surface area contributed by atoms with Crippen LogP contribution < -0.4 is 14.2 Å². The van der Waals surface area contributed by atoms with Gasteiger partial charge in [-0.1, -0.05) is 32.9 Å². The number of hydrogen-bond donors (Lipinski definition) is 1. The Kier molecular flexibility index (Phi) is 8.49. The summed E-state index contributed by atoms with van der Waals surface area (Å²) in [6.07, 6.45) is -0.0982. The average molecular weight is 506 g/mol. The molecule has 194 valence electrons. The lowest BCUT2D eigenvalue weighted by Crippen LogP contribution is -2.23. The van der Waals surface area contributed by atoms with Crippen molar-refractivity contribution in [2.75, 3.05) is 21.3 Å². The summed E-state index contributed by atoms with van der Waals surface area (Å²) in [6, 6.07) is 17.4. The first-order valence-corrected chi connectivity index (χ1v) is 11.6. The van der Waals surface area contributed by atoms with Gasteiger partial charge in [0.15, 0.2) is 17.3 Å². The molecule has 1 aromatic heterocycles. The second-order valence-electron chi connectivity index (χ2n) is 9.18. The molecule has 0 fully saturated rings. The van der Waals surface area contributed by atoms with Crippen molar-refractivity contribution in [3.63, 3.8) is 0 Å². The van der Waals surface area contributed by atoms with Crippen LogP contribution in [0, 0.1) is 5.41 Å². The summed E-state index contributed by atoms with van der Waals surface area (Å²) in [5.74, 6) is 1.51. The number of benzene rings is 3. The molecule has 3 aromatic carbocycles. The second kappa shape index (κ2) is 11.6. The number of phenols is 1. The van der Waals surface area contributed by atoms with Crippen molar-refractivity contribution in [3.8, 4) is 28.7 Å². The Morgan fingerprint density at radius 3 is 2.00 bits per heavy atom. The minimum atomic E-state index is -0.508. The molecule has 0 saturated carbocycles. The third-order valence-corrected chi connectivity index (χ3v) is 5.55. The highest BCUT2D eigenvalue weighted by Gasteiger charge is 2.24. The van der Waals surface area contributed by atoms with Crippen molar-refractivity contribution in [2.24, 2.45) is 5.41 Å². The fraction of sp³-hybridized carbons (Fsp3) is 0.286. The van der Waals surface area contributed by atoms with Crippen LogP contribution in [0.2, 0.25) is 0 Å². The van der Waals surface area contributed by atoms with Gasteiger partial charge in [-0.2, -0.15) is 0 Å². The number of methoxy groups -OCH3 is 3. The van der Waals surface area contributed by atoms with Gasteiger partial charge >= 0.3 is 0 Å². The van der Waals surface area contributed by atoms with E-state index < -0.39 is 5.41 Å². The summed E-state index contributed by atoms with van der Waals surface area (Å²) in [6.45, 7) is 5.41. The zero-order chi connectivity index (χ0) is 27.2. The van der Waals surface area contributed by atoms with Crippen molar-refractivity contribution in [2.45, 2.75) is 27.2 Å². The van der Waals surface area contributed by atoms with E-state index in [9.17, 15) is 14.7 Å². The highest BCUT2D eigenvalue weighted by molar-refractivity contribution is 6.09. The van der Waals surface area contributed by atoms with Crippen LogP contribution in [-0.4, -0.2) is 53.0 Å². The molecule has 0 aliphatic heterocycles. The summed E-state index contributed by atoms with van der Waals surface area (Å²) in [5.41, 5.74) is 1.99. The van der Waals surface area contributed by atoms with Crippen molar-refractivity contribution in [1.29, 1.82) is 0 Å². The predicted molar refractivity (Wildman–Crippen MR) is 140 cm³/mol. The average Bonchev–Trinajstić information content (AvgIpc) is 3.32. The van der Waals surface area contributed by atoms with Crippen LogP contribution >= 0.6 is 0 Å². The van der Waals surface area contributed by atoms with Crippen LogP contribution in [0.5, 0.6) is 23.0 Å². The molecule has 0 bridgehead atoms. The summed E-state index contributed by atoms with van der Waals surface area (Å²) in [7, 11) is 4.61. The molecule has 1 N–H and O–H groups in total. The molecule has 0 amide bonds. The van der Waals surface area contributed by atoms with E-state index in [4.69, 9.17) is 14.2 Å². The molecular formula is C28H31N3O6. The number of nitrogens with zero attached hydrogens (tertiary/aromatic N) is 3. The molecule has 9 heteroatoms. The Morgan fingerprint density at radius 2 is 1.46 bits per heavy atom. The third kappa shape index (κ3) is 6.63. The number of fused-ring (bicyclic) bond motifs is 1. The number of carbonyl (C=O) groups is 2. The Morgan fingerprint density at radius 1 is 0.838 bits per heavy atom. The lowest BCUT2D eigenvalue weighted by molar-refractivity contribution is -0.125. The van der Waals surface area contributed by atoms with Crippen LogP contribution in [0.25, 0.3) is 16.7 Å². The zero-order valence-corrected chi connectivity index (χ0v) is 21.8. The van der Waals surface area contributed by atoms with Crippen LogP contribution in [-0.2, 0) is 4.79 Å². The van der Waals surface area contributed by atoms with Gasteiger partial charge in [-0.05, 0) is 42.5 Å². The zero-order valence-electron chi connectivity index (χ0n) is 21.8. The van der Waals surface area contributed by atoms with Crippen LogP contribution in [0.1, 0.15) is 37.6 Å². The molecule has 1 heterocycles. The second-order valence-corrected chi connectivity index (χ2v) is 9.18. The Balaban J connectivity index is 0.000000206. The van der Waals surface area contributed by atoms with E-state index in [0.29, 0.717) is 28.5 Å². The maximum atomic E-state index is 12.1. The summed E-state index contributed by atoms with van der Waals surface area (Å²) in [5, 5.41) is 18.5. The van der Waals surface area contributed by atoms with E-state index in [1.807, 2.05) is 24.3 Å². The lowest BCUT2D eigenvalue weighted by Gasteiger charge is -2.16.